The molecule has 1 aliphatic carbocycles. The average Bonchev–Trinajstić information content (AvgIpc) is 1.94. The minimum Gasteiger partial charge on any atom is -0.286 e. The van der Waals surface area contributed by atoms with E-state index in [1.54, 1.807) is 12.2 Å². The highest BCUT2D eigenvalue weighted by Crippen LogP contribution is 1.90. The molecule has 0 heterocycles. The van der Waals surface area contributed by atoms with Crippen molar-refractivity contribution in [3.05, 3.63) is 24.3 Å². The second-order valence-electron chi connectivity index (χ2n) is 3.18. The summed E-state index contributed by atoms with van der Waals surface area (Å²) in [7, 11) is 0. The van der Waals surface area contributed by atoms with Gasteiger partial charge in [0.15, 0.2) is 0 Å². The Morgan fingerprint density at radius 2 is 1.17 bits per heavy atom. The largest absolute Gasteiger partial charge is 0.286 e. The quantitative estimate of drug-likeness (QED) is 0.407. The third-order valence-electron chi connectivity index (χ3n) is 0.849. The molecule has 2 heteroatoms. The molecule has 0 saturated heterocycles. The zero-order chi connectivity index (χ0) is 9.56. The summed E-state index contributed by atoms with van der Waals surface area (Å²) in [6.45, 7) is 6.50. The standard InChI is InChI=1S/C6H4O2.C4H10/c7-5-3-1-2-4-6(5)8;1-4(2)3/h1-4H;4H,1-3H3. The van der Waals surface area contributed by atoms with Crippen molar-refractivity contribution in [1.29, 1.82) is 0 Å². The summed E-state index contributed by atoms with van der Waals surface area (Å²) in [6.07, 6.45) is 5.60. The van der Waals surface area contributed by atoms with Gasteiger partial charge in [0.25, 0.3) is 0 Å². The lowest BCUT2D eigenvalue weighted by molar-refractivity contribution is -0.131. The van der Waals surface area contributed by atoms with Crippen molar-refractivity contribution >= 4 is 11.6 Å². The molecule has 0 N–H and O–H groups in total. The van der Waals surface area contributed by atoms with Gasteiger partial charge in [-0.2, -0.15) is 0 Å². The van der Waals surface area contributed by atoms with Crippen LogP contribution in [0.15, 0.2) is 24.3 Å². The van der Waals surface area contributed by atoms with Crippen molar-refractivity contribution in [2.24, 2.45) is 5.92 Å². The van der Waals surface area contributed by atoms with Gasteiger partial charge in [-0.3, -0.25) is 9.59 Å². The zero-order valence-corrected chi connectivity index (χ0v) is 7.70. The van der Waals surface area contributed by atoms with Crippen LogP contribution in [0.5, 0.6) is 0 Å². The van der Waals surface area contributed by atoms with E-state index in [0.717, 1.165) is 5.92 Å². The van der Waals surface area contributed by atoms with E-state index >= 15 is 0 Å². The van der Waals surface area contributed by atoms with Crippen molar-refractivity contribution in [3.63, 3.8) is 0 Å². The molecule has 12 heavy (non-hydrogen) atoms. The maximum atomic E-state index is 10.3. The van der Waals surface area contributed by atoms with Gasteiger partial charge in [0.1, 0.15) is 0 Å². The van der Waals surface area contributed by atoms with Crippen LogP contribution < -0.4 is 0 Å². The minimum absolute atomic E-state index is 0.437. The molecule has 1 rings (SSSR count). The molecule has 0 aromatic heterocycles. The van der Waals surface area contributed by atoms with Crippen LogP contribution in [0.3, 0.4) is 0 Å². The molecule has 0 atom stereocenters. The van der Waals surface area contributed by atoms with Crippen LogP contribution in [-0.2, 0) is 9.59 Å². The predicted molar refractivity (Wildman–Crippen MR) is 48.8 cm³/mol. The van der Waals surface area contributed by atoms with Gasteiger partial charge in [0.05, 0.1) is 0 Å². The van der Waals surface area contributed by atoms with E-state index in [-0.39, 0.29) is 0 Å². The molecule has 0 spiro atoms. The van der Waals surface area contributed by atoms with Gasteiger partial charge >= 0.3 is 0 Å². The topological polar surface area (TPSA) is 34.1 Å². The first kappa shape index (κ1) is 10.8. The number of carbonyl (C=O) groups is 2. The fourth-order valence-corrected chi connectivity index (χ4v) is 0.450. The van der Waals surface area contributed by atoms with Gasteiger partial charge in [-0.05, 0) is 18.1 Å². The normalized spacial score (nSPS) is 14.7. The van der Waals surface area contributed by atoms with E-state index in [1.165, 1.54) is 12.2 Å². The van der Waals surface area contributed by atoms with Crippen LogP contribution in [0, 0.1) is 5.92 Å². The molecule has 0 unspecified atom stereocenters. The summed E-state index contributed by atoms with van der Waals surface area (Å²) in [5.74, 6) is -0.0417. The Morgan fingerprint density at radius 3 is 1.33 bits per heavy atom. The highest BCUT2D eigenvalue weighted by molar-refractivity contribution is 6.46. The first-order chi connectivity index (χ1) is 5.54. The van der Waals surface area contributed by atoms with Crippen molar-refractivity contribution in [3.8, 4) is 0 Å². The maximum absolute atomic E-state index is 10.3. The van der Waals surface area contributed by atoms with Gasteiger partial charge < -0.3 is 0 Å². The highest BCUT2D eigenvalue weighted by Gasteiger charge is 2.06. The molecule has 0 aromatic carbocycles. The summed E-state index contributed by atoms with van der Waals surface area (Å²) in [5, 5.41) is 0. The Bertz CT molecular complexity index is 197. The smallest absolute Gasteiger partial charge is 0.225 e. The SMILES string of the molecule is CC(C)C.O=C1C=CC=CC1=O. The zero-order valence-electron chi connectivity index (χ0n) is 7.70. The van der Waals surface area contributed by atoms with Gasteiger partial charge in [-0.1, -0.05) is 32.9 Å². The Labute approximate surface area is 73.0 Å². The van der Waals surface area contributed by atoms with Crippen molar-refractivity contribution in [1.82, 2.24) is 0 Å². The third-order valence-corrected chi connectivity index (χ3v) is 0.849. The number of ketones is 2. The van der Waals surface area contributed by atoms with E-state index in [2.05, 4.69) is 20.8 Å². The lowest BCUT2D eigenvalue weighted by atomic mass is 10.1. The Kier molecular flexibility index (Phi) is 4.93. The van der Waals surface area contributed by atoms with Gasteiger partial charge in [-0.15, -0.1) is 0 Å². The second-order valence-corrected chi connectivity index (χ2v) is 3.18. The molecule has 0 aromatic rings. The summed E-state index contributed by atoms with van der Waals surface area (Å²) < 4.78 is 0. The summed E-state index contributed by atoms with van der Waals surface area (Å²) in [4.78, 5) is 20.6. The van der Waals surface area contributed by atoms with Crippen LogP contribution in [0.4, 0.5) is 0 Å². The Hall–Kier alpha value is -1.18. The van der Waals surface area contributed by atoms with E-state index in [1.807, 2.05) is 0 Å². The van der Waals surface area contributed by atoms with Crippen molar-refractivity contribution < 1.29 is 9.59 Å². The molecule has 66 valence electrons. The molecule has 0 radical (unpaired) electrons. The molecule has 1 aliphatic rings. The Balaban J connectivity index is 0.000000261. The van der Waals surface area contributed by atoms with Crippen LogP contribution in [0.25, 0.3) is 0 Å². The first-order valence-corrected chi connectivity index (χ1v) is 3.97. The molecular weight excluding hydrogens is 152 g/mol. The number of rotatable bonds is 0. The summed E-state index contributed by atoms with van der Waals surface area (Å²) >= 11 is 0. The molecule has 2 nitrogen and oxygen atoms in total. The van der Waals surface area contributed by atoms with Crippen LogP contribution in [-0.4, -0.2) is 11.6 Å². The van der Waals surface area contributed by atoms with Crippen LogP contribution in [0.1, 0.15) is 20.8 Å². The summed E-state index contributed by atoms with van der Waals surface area (Å²) in [5.41, 5.74) is 0. The Morgan fingerprint density at radius 1 is 0.917 bits per heavy atom. The van der Waals surface area contributed by atoms with Gasteiger partial charge in [-0.25, -0.2) is 0 Å². The van der Waals surface area contributed by atoms with Crippen LogP contribution in [0.2, 0.25) is 0 Å². The van der Waals surface area contributed by atoms with Crippen molar-refractivity contribution in [2.75, 3.05) is 0 Å². The molecular formula is C10H14O2. The lowest BCUT2D eigenvalue weighted by Crippen LogP contribution is -2.08. The van der Waals surface area contributed by atoms with Crippen molar-refractivity contribution in [2.45, 2.75) is 20.8 Å². The van der Waals surface area contributed by atoms with E-state index in [9.17, 15) is 9.59 Å². The number of hydrogen-bond acceptors (Lipinski definition) is 2. The molecule has 0 aliphatic heterocycles. The van der Waals surface area contributed by atoms with Crippen LogP contribution >= 0.6 is 0 Å². The monoisotopic (exact) mass is 166 g/mol. The third kappa shape index (κ3) is 5.59. The molecule has 0 amide bonds. The maximum Gasteiger partial charge on any atom is 0.225 e. The fraction of sp³-hybridized carbons (Fsp3) is 0.400. The summed E-state index contributed by atoms with van der Waals surface area (Å²) in [6, 6.07) is 0. The second kappa shape index (κ2) is 5.47. The van der Waals surface area contributed by atoms with Gasteiger partial charge in [0.2, 0.25) is 11.6 Å². The number of hydrogen-bond donors (Lipinski definition) is 0. The predicted octanol–water partition coefficient (Wildman–Crippen LogP) is 1.91. The highest BCUT2D eigenvalue weighted by atomic mass is 16.2. The van der Waals surface area contributed by atoms with Gasteiger partial charge in [0, 0.05) is 0 Å². The fourth-order valence-electron chi connectivity index (χ4n) is 0.450. The molecule has 0 saturated carbocycles. The molecule has 0 fully saturated rings. The lowest BCUT2D eigenvalue weighted by Gasteiger charge is -1.88. The number of carbonyl (C=O) groups excluding carboxylic acids is 2. The van der Waals surface area contributed by atoms with E-state index in [4.69, 9.17) is 0 Å². The average molecular weight is 166 g/mol. The minimum atomic E-state index is -0.437. The molecule has 0 bridgehead atoms. The number of allylic oxidation sites excluding steroid dienone is 4. The van der Waals surface area contributed by atoms with E-state index < -0.39 is 11.6 Å². The van der Waals surface area contributed by atoms with E-state index in [0.29, 0.717) is 0 Å². The first-order valence-electron chi connectivity index (χ1n) is 3.97.